The number of morpholine rings is 1. The molecular weight excluding hydrogens is 346 g/mol. The number of hydrogen-bond donors (Lipinski definition) is 3. The molecule has 1 saturated heterocycles. The second-order valence-corrected chi connectivity index (χ2v) is 6.56. The average molecular weight is 371 g/mol. The van der Waals surface area contributed by atoms with Gasteiger partial charge in [0.2, 0.25) is 5.91 Å². The number of hydrogen-bond acceptors (Lipinski definition) is 4. The summed E-state index contributed by atoms with van der Waals surface area (Å²) in [7, 11) is 0. The Labute approximate surface area is 152 Å². The van der Waals surface area contributed by atoms with Crippen molar-refractivity contribution in [3.8, 4) is 0 Å². The Morgan fingerprint density at radius 2 is 2.04 bits per heavy atom. The van der Waals surface area contributed by atoms with Crippen LogP contribution in [0.2, 0.25) is 5.02 Å². The molecule has 0 saturated carbocycles. The van der Waals surface area contributed by atoms with E-state index in [4.69, 9.17) is 16.3 Å². The van der Waals surface area contributed by atoms with E-state index >= 15 is 0 Å². The van der Waals surface area contributed by atoms with Gasteiger partial charge in [-0.05, 0) is 12.1 Å². The van der Waals surface area contributed by atoms with E-state index in [1.807, 2.05) is 0 Å². The first-order chi connectivity index (χ1) is 12.1. The molecule has 138 valence electrons. The molecule has 0 spiro atoms. The van der Waals surface area contributed by atoms with E-state index in [0.717, 1.165) is 39.3 Å². The van der Waals surface area contributed by atoms with Crippen molar-refractivity contribution in [3.05, 3.63) is 29.3 Å². The van der Waals surface area contributed by atoms with Crippen LogP contribution in [0, 0.1) is 0 Å². The van der Waals surface area contributed by atoms with Gasteiger partial charge in [-0.2, -0.15) is 0 Å². The second-order valence-electron chi connectivity index (χ2n) is 6.15. The number of carboxylic acid groups (broad SMARTS) is 1. The number of quaternary nitrogens is 2. The number of halogens is 1. The third-order valence-corrected chi connectivity index (χ3v) is 4.57. The van der Waals surface area contributed by atoms with E-state index in [-0.39, 0.29) is 6.42 Å². The molecule has 8 heteroatoms. The molecule has 1 heterocycles. The minimum Gasteiger partial charge on any atom is -0.544 e. The predicted molar refractivity (Wildman–Crippen MR) is 91.3 cm³/mol. The van der Waals surface area contributed by atoms with E-state index in [1.54, 1.807) is 29.6 Å². The van der Waals surface area contributed by atoms with Crippen LogP contribution >= 0.6 is 11.6 Å². The molecule has 1 amide bonds. The quantitative estimate of drug-likeness (QED) is 0.424. The van der Waals surface area contributed by atoms with Crippen LogP contribution in [-0.4, -0.2) is 57.3 Å². The Morgan fingerprint density at radius 1 is 1.32 bits per heavy atom. The number of rotatable bonds is 9. The van der Waals surface area contributed by atoms with Gasteiger partial charge in [0.25, 0.3) is 0 Å². The smallest absolute Gasteiger partial charge is 0.230 e. The predicted octanol–water partition coefficient (Wildman–Crippen LogP) is -2.34. The molecule has 0 radical (unpaired) electrons. The number of para-hydroxylation sites is 1. The van der Waals surface area contributed by atoms with Crippen LogP contribution < -0.4 is 20.6 Å². The molecule has 1 aliphatic heterocycles. The lowest BCUT2D eigenvalue weighted by Crippen LogP contribution is -3.14. The van der Waals surface area contributed by atoms with Gasteiger partial charge in [0, 0.05) is 6.42 Å². The number of amides is 1. The summed E-state index contributed by atoms with van der Waals surface area (Å²) in [5, 5.41) is 16.0. The van der Waals surface area contributed by atoms with Gasteiger partial charge in [0.1, 0.15) is 19.1 Å². The summed E-state index contributed by atoms with van der Waals surface area (Å²) in [4.78, 5) is 24.8. The largest absolute Gasteiger partial charge is 0.544 e. The highest BCUT2D eigenvalue weighted by Crippen LogP contribution is 2.20. The number of aliphatic carboxylic acids is 1. The number of benzene rings is 1. The maximum absolute atomic E-state index is 12.1. The molecule has 2 rings (SSSR count). The minimum absolute atomic E-state index is 0.155. The molecule has 7 nitrogen and oxygen atoms in total. The molecule has 1 atom stereocenters. The molecule has 25 heavy (non-hydrogen) atoms. The summed E-state index contributed by atoms with van der Waals surface area (Å²) in [6, 6.07) is 5.93. The highest BCUT2D eigenvalue weighted by Gasteiger charge is 2.19. The fourth-order valence-electron chi connectivity index (χ4n) is 2.81. The zero-order chi connectivity index (χ0) is 18.1. The van der Waals surface area contributed by atoms with Crippen LogP contribution in [0.15, 0.2) is 24.3 Å². The monoisotopic (exact) mass is 370 g/mol. The van der Waals surface area contributed by atoms with Crippen molar-refractivity contribution in [2.45, 2.75) is 18.9 Å². The van der Waals surface area contributed by atoms with Crippen LogP contribution in [-0.2, 0) is 14.3 Å². The first-order valence-electron chi connectivity index (χ1n) is 8.56. The first-order valence-corrected chi connectivity index (χ1v) is 8.94. The Hall–Kier alpha value is -1.67. The summed E-state index contributed by atoms with van der Waals surface area (Å²) in [5.74, 6) is -1.62. The van der Waals surface area contributed by atoms with Gasteiger partial charge < -0.3 is 30.2 Å². The topological polar surface area (TPSA) is 99.5 Å². The van der Waals surface area contributed by atoms with Gasteiger partial charge in [0.05, 0.1) is 49.4 Å². The van der Waals surface area contributed by atoms with E-state index in [0.29, 0.717) is 17.3 Å². The molecule has 1 fully saturated rings. The third kappa shape index (κ3) is 6.99. The summed E-state index contributed by atoms with van der Waals surface area (Å²) < 4.78 is 5.31. The number of nitrogens with one attached hydrogen (secondary N) is 2. The van der Waals surface area contributed by atoms with Crippen LogP contribution in [0.5, 0.6) is 0 Å². The van der Waals surface area contributed by atoms with Gasteiger partial charge >= 0.3 is 0 Å². The second kappa shape index (κ2) is 10.4. The van der Waals surface area contributed by atoms with Crippen molar-refractivity contribution >= 4 is 29.2 Å². The molecule has 1 aromatic rings. The summed E-state index contributed by atoms with van der Waals surface area (Å²) in [5.41, 5.74) is 0.474. The lowest BCUT2D eigenvalue weighted by atomic mass is 10.2. The maximum atomic E-state index is 12.1. The lowest BCUT2D eigenvalue weighted by molar-refractivity contribution is -0.909. The third-order valence-electron chi connectivity index (χ3n) is 4.24. The van der Waals surface area contributed by atoms with Gasteiger partial charge in [-0.1, -0.05) is 23.7 Å². The molecule has 0 unspecified atom stereocenters. The number of anilines is 1. The van der Waals surface area contributed by atoms with Crippen molar-refractivity contribution in [3.63, 3.8) is 0 Å². The van der Waals surface area contributed by atoms with Gasteiger partial charge in [-0.3, -0.25) is 4.79 Å². The lowest BCUT2D eigenvalue weighted by Gasteiger charge is -2.23. The van der Waals surface area contributed by atoms with E-state index in [1.165, 1.54) is 4.90 Å². The van der Waals surface area contributed by atoms with Crippen molar-refractivity contribution in [2.24, 2.45) is 0 Å². The van der Waals surface area contributed by atoms with Crippen LogP contribution in [0.25, 0.3) is 0 Å². The zero-order valence-electron chi connectivity index (χ0n) is 14.1. The fraction of sp³-hybridized carbons (Fsp3) is 0.529. The van der Waals surface area contributed by atoms with Crippen LogP contribution in [0.3, 0.4) is 0 Å². The van der Waals surface area contributed by atoms with E-state index < -0.39 is 17.9 Å². The molecule has 1 aromatic carbocycles. The van der Waals surface area contributed by atoms with Gasteiger partial charge in [-0.15, -0.1) is 0 Å². The molecular formula is C17H25ClN3O4+. The Kier molecular flexibility index (Phi) is 8.14. The molecule has 0 bridgehead atoms. The number of nitrogens with two attached hydrogens (primary N) is 1. The molecule has 0 aromatic heterocycles. The fourth-order valence-corrected chi connectivity index (χ4v) is 2.99. The Balaban J connectivity index is 1.73. The maximum Gasteiger partial charge on any atom is 0.230 e. The molecule has 1 aliphatic rings. The Bertz CT molecular complexity index is 579. The van der Waals surface area contributed by atoms with Gasteiger partial charge in [-0.25, -0.2) is 0 Å². The van der Waals surface area contributed by atoms with Crippen LogP contribution in [0.1, 0.15) is 12.8 Å². The minimum atomic E-state index is -1.23. The number of carbonyl (C=O) groups excluding carboxylic acids is 2. The average Bonchev–Trinajstić information content (AvgIpc) is 2.60. The van der Waals surface area contributed by atoms with Crippen LogP contribution in [0.4, 0.5) is 5.69 Å². The van der Waals surface area contributed by atoms with Crippen molar-refractivity contribution < 1.29 is 29.6 Å². The van der Waals surface area contributed by atoms with Crippen molar-refractivity contribution in [1.82, 2.24) is 0 Å². The molecule has 0 aliphatic carbocycles. The van der Waals surface area contributed by atoms with E-state index in [2.05, 4.69) is 5.32 Å². The summed E-state index contributed by atoms with van der Waals surface area (Å²) in [6.45, 7) is 5.16. The normalized spacial score (nSPS) is 16.4. The highest BCUT2D eigenvalue weighted by atomic mass is 35.5. The molecule has 4 N–H and O–H groups in total. The summed E-state index contributed by atoms with van der Waals surface area (Å²) >= 11 is 5.98. The van der Waals surface area contributed by atoms with Gasteiger partial charge in [0.15, 0.2) is 0 Å². The zero-order valence-corrected chi connectivity index (χ0v) is 14.9. The number of carboxylic acids is 1. The first kappa shape index (κ1) is 19.7. The van der Waals surface area contributed by atoms with Crippen molar-refractivity contribution in [2.75, 3.05) is 44.7 Å². The number of ether oxygens (including phenoxy) is 1. The van der Waals surface area contributed by atoms with Crippen molar-refractivity contribution in [1.29, 1.82) is 0 Å². The SMILES string of the molecule is O=C(C[C@@H]([NH2+]CCC[NH+]1CCOCC1)C(=O)[O-])Nc1ccccc1Cl. The highest BCUT2D eigenvalue weighted by molar-refractivity contribution is 6.33. The number of carbonyl (C=O) groups is 2. The Morgan fingerprint density at radius 3 is 2.72 bits per heavy atom. The summed E-state index contributed by atoms with van der Waals surface area (Å²) in [6.07, 6.45) is 0.725. The van der Waals surface area contributed by atoms with E-state index in [9.17, 15) is 14.7 Å². The standard InChI is InChI=1S/C17H24ClN3O4/c18-13-4-1-2-5-14(13)20-16(22)12-15(17(23)24)19-6-3-7-21-8-10-25-11-9-21/h1-2,4-5,15,19H,3,6-12H2,(H,20,22)(H,23,24)/p+1/t15-/m1/s1.